The van der Waals surface area contributed by atoms with Gasteiger partial charge in [-0.2, -0.15) is 16.9 Å². The van der Waals surface area contributed by atoms with Gasteiger partial charge in [-0.25, -0.2) is 5.10 Å². The van der Waals surface area contributed by atoms with Crippen molar-refractivity contribution in [3.05, 3.63) is 21.0 Å². The average Bonchev–Trinajstić information content (AvgIpc) is 2.26. The van der Waals surface area contributed by atoms with Gasteiger partial charge < -0.3 is 10.4 Å². The predicted molar refractivity (Wildman–Crippen MR) is 70.0 cm³/mol. The van der Waals surface area contributed by atoms with Gasteiger partial charge in [0.05, 0.1) is 18.5 Å². The average molecular weight is 308 g/mol. The van der Waals surface area contributed by atoms with E-state index in [0.717, 1.165) is 0 Å². The van der Waals surface area contributed by atoms with Crippen LogP contribution in [0.1, 0.15) is 6.92 Å². The lowest BCUT2D eigenvalue weighted by molar-refractivity contribution is 0.288. The van der Waals surface area contributed by atoms with E-state index in [4.69, 9.17) is 5.11 Å². The van der Waals surface area contributed by atoms with Crippen LogP contribution in [0.4, 0.5) is 5.69 Å². The zero-order valence-electron chi connectivity index (χ0n) is 9.03. The van der Waals surface area contributed by atoms with E-state index in [9.17, 15) is 4.79 Å². The van der Waals surface area contributed by atoms with Crippen molar-refractivity contribution in [1.29, 1.82) is 0 Å². The number of hydrogen-bond acceptors (Lipinski definition) is 5. The smallest absolute Gasteiger partial charge is 0.280 e. The monoisotopic (exact) mass is 307 g/mol. The van der Waals surface area contributed by atoms with Crippen molar-refractivity contribution in [2.45, 2.75) is 18.2 Å². The summed E-state index contributed by atoms with van der Waals surface area (Å²) in [5, 5.41) is 18.4. The third kappa shape index (κ3) is 3.23. The molecule has 0 aliphatic heterocycles. The van der Waals surface area contributed by atoms with E-state index < -0.39 is 0 Å². The Morgan fingerprint density at radius 1 is 1.75 bits per heavy atom. The number of aromatic nitrogens is 2. The van der Waals surface area contributed by atoms with E-state index in [2.05, 4.69) is 31.4 Å². The SMILES string of the molecule is CSC(CO)C(C)Nc1cn[nH]c(=O)c1Br. The molecule has 0 spiro atoms. The van der Waals surface area contributed by atoms with Crippen molar-refractivity contribution in [3.63, 3.8) is 0 Å². The summed E-state index contributed by atoms with van der Waals surface area (Å²) in [4.78, 5) is 11.3. The Kier molecular flexibility index (Phi) is 5.30. The summed E-state index contributed by atoms with van der Waals surface area (Å²) in [6.07, 6.45) is 3.47. The van der Waals surface area contributed by atoms with E-state index in [-0.39, 0.29) is 23.5 Å². The van der Waals surface area contributed by atoms with Crippen molar-refractivity contribution in [2.75, 3.05) is 18.2 Å². The van der Waals surface area contributed by atoms with Crippen LogP contribution in [-0.4, -0.2) is 39.5 Å². The van der Waals surface area contributed by atoms with Gasteiger partial charge in [-0.1, -0.05) is 0 Å². The molecular weight excluding hydrogens is 294 g/mol. The van der Waals surface area contributed by atoms with Crippen molar-refractivity contribution < 1.29 is 5.11 Å². The van der Waals surface area contributed by atoms with E-state index >= 15 is 0 Å². The van der Waals surface area contributed by atoms with Gasteiger partial charge in [-0.3, -0.25) is 4.79 Å². The number of aliphatic hydroxyl groups is 1. The fourth-order valence-electron chi connectivity index (χ4n) is 1.26. The van der Waals surface area contributed by atoms with Gasteiger partial charge in [0, 0.05) is 11.3 Å². The highest BCUT2D eigenvalue weighted by Crippen LogP contribution is 2.20. The van der Waals surface area contributed by atoms with Crippen LogP contribution in [0, 0.1) is 0 Å². The number of hydrogen-bond donors (Lipinski definition) is 3. The number of H-pyrrole nitrogens is 1. The lowest BCUT2D eigenvalue weighted by Gasteiger charge is -2.22. The molecule has 1 aromatic rings. The Balaban J connectivity index is 2.80. The highest BCUT2D eigenvalue weighted by Gasteiger charge is 2.16. The lowest BCUT2D eigenvalue weighted by Crippen LogP contribution is -2.31. The van der Waals surface area contributed by atoms with Gasteiger partial charge in [0.2, 0.25) is 0 Å². The first-order valence-corrected chi connectivity index (χ1v) is 6.81. The number of halogens is 1. The van der Waals surface area contributed by atoms with Crippen LogP contribution in [0.2, 0.25) is 0 Å². The molecule has 5 nitrogen and oxygen atoms in total. The second-order valence-corrected chi connectivity index (χ2v) is 5.19. The van der Waals surface area contributed by atoms with Gasteiger partial charge in [0.15, 0.2) is 0 Å². The zero-order valence-corrected chi connectivity index (χ0v) is 11.4. The van der Waals surface area contributed by atoms with Crippen LogP contribution in [-0.2, 0) is 0 Å². The molecule has 2 atom stereocenters. The fourth-order valence-corrected chi connectivity index (χ4v) is 2.19. The summed E-state index contributed by atoms with van der Waals surface area (Å²) >= 11 is 4.76. The number of aliphatic hydroxyl groups excluding tert-OH is 1. The molecule has 1 heterocycles. The van der Waals surface area contributed by atoms with Gasteiger partial charge >= 0.3 is 0 Å². The Labute approximate surface area is 106 Å². The second-order valence-electron chi connectivity index (χ2n) is 3.32. The molecule has 16 heavy (non-hydrogen) atoms. The maximum Gasteiger partial charge on any atom is 0.280 e. The summed E-state index contributed by atoms with van der Waals surface area (Å²) in [7, 11) is 0. The molecule has 0 aromatic carbocycles. The molecule has 0 bridgehead atoms. The second kappa shape index (κ2) is 6.27. The molecule has 0 aliphatic rings. The summed E-state index contributed by atoms with van der Waals surface area (Å²) in [6, 6.07) is 0.0416. The normalized spacial score (nSPS) is 14.5. The third-order valence-corrected chi connectivity index (χ3v) is 4.17. The molecule has 90 valence electrons. The minimum absolute atomic E-state index is 0.0416. The molecule has 7 heteroatoms. The van der Waals surface area contributed by atoms with Crippen molar-refractivity contribution >= 4 is 33.4 Å². The largest absolute Gasteiger partial charge is 0.395 e. The molecule has 0 fully saturated rings. The lowest BCUT2D eigenvalue weighted by atomic mass is 10.2. The highest BCUT2D eigenvalue weighted by atomic mass is 79.9. The number of rotatable bonds is 5. The number of anilines is 1. The third-order valence-electron chi connectivity index (χ3n) is 2.22. The molecule has 0 saturated carbocycles. The molecule has 1 rings (SSSR count). The molecule has 1 aromatic heterocycles. The number of aromatic amines is 1. The predicted octanol–water partition coefficient (Wildman–Crippen LogP) is 1.06. The van der Waals surface area contributed by atoms with Gasteiger partial charge in [-0.15, -0.1) is 0 Å². The standard InChI is InChI=1S/C9H14BrN3O2S/c1-5(7(4-14)16-2)12-6-3-11-13-9(15)8(6)10/h3,5,7,14H,4H2,1-2H3,(H2,12,13,15). The zero-order chi connectivity index (χ0) is 12.1. The number of nitrogens with one attached hydrogen (secondary N) is 2. The molecule has 2 unspecified atom stereocenters. The van der Waals surface area contributed by atoms with Gasteiger partial charge in [0.1, 0.15) is 4.47 Å². The first-order valence-electron chi connectivity index (χ1n) is 4.73. The maximum absolute atomic E-state index is 11.3. The van der Waals surface area contributed by atoms with E-state index in [1.54, 1.807) is 11.8 Å². The highest BCUT2D eigenvalue weighted by molar-refractivity contribution is 9.10. The fraction of sp³-hybridized carbons (Fsp3) is 0.556. The van der Waals surface area contributed by atoms with Crippen molar-refractivity contribution in [3.8, 4) is 0 Å². The molecule has 3 N–H and O–H groups in total. The Bertz CT molecular complexity index is 395. The Morgan fingerprint density at radius 2 is 2.44 bits per heavy atom. The van der Waals surface area contributed by atoms with Crippen LogP contribution in [0.5, 0.6) is 0 Å². The molecular formula is C9H14BrN3O2S. The van der Waals surface area contributed by atoms with Gasteiger partial charge in [0.25, 0.3) is 5.56 Å². The summed E-state index contributed by atoms with van der Waals surface area (Å²) in [6.45, 7) is 2.04. The minimum atomic E-state index is -0.276. The minimum Gasteiger partial charge on any atom is -0.395 e. The molecule has 0 saturated heterocycles. The topological polar surface area (TPSA) is 78.0 Å². The summed E-state index contributed by atoms with van der Waals surface area (Å²) in [5.74, 6) is 0. The maximum atomic E-state index is 11.3. The van der Waals surface area contributed by atoms with E-state index in [1.807, 2.05) is 13.2 Å². The van der Waals surface area contributed by atoms with Crippen LogP contribution >= 0.6 is 27.7 Å². The van der Waals surface area contributed by atoms with Crippen LogP contribution in [0.3, 0.4) is 0 Å². The summed E-state index contributed by atoms with van der Waals surface area (Å²) < 4.78 is 0.423. The molecule has 0 aliphatic carbocycles. The Hall–Kier alpha value is -0.530. The van der Waals surface area contributed by atoms with Crippen molar-refractivity contribution in [1.82, 2.24) is 10.2 Å². The van der Waals surface area contributed by atoms with Crippen LogP contribution in [0.25, 0.3) is 0 Å². The number of nitrogens with zero attached hydrogens (tertiary/aromatic N) is 1. The van der Waals surface area contributed by atoms with E-state index in [0.29, 0.717) is 10.2 Å². The van der Waals surface area contributed by atoms with E-state index in [1.165, 1.54) is 6.20 Å². The molecule has 0 radical (unpaired) electrons. The van der Waals surface area contributed by atoms with Gasteiger partial charge in [-0.05, 0) is 29.1 Å². The summed E-state index contributed by atoms with van der Waals surface area (Å²) in [5.41, 5.74) is 0.352. The first kappa shape index (κ1) is 13.5. The van der Waals surface area contributed by atoms with Crippen molar-refractivity contribution in [2.24, 2.45) is 0 Å². The first-order chi connectivity index (χ1) is 7.60. The van der Waals surface area contributed by atoms with Crippen LogP contribution < -0.4 is 10.9 Å². The van der Waals surface area contributed by atoms with Crippen LogP contribution in [0.15, 0.2) is 15.5 Å². The number of thioether (sulfide) groups is 1. The quantitative estimate of drug-likeness (QED) is 0.758. The Morgan fingerprint density at radius 3 is 3.00 bits per heavy atom. The molecule has 0 amide bonds.